The van der Waals surface area contributed by atoms with E-state index in [1.54, 1.807) is 0 Å². The van der Waals surface area contributed by atoms with Crippen LogP contribution >= 0.6 is 0 Å². The zero-order chi connectivity index (χ0) is 38.1. The van der Waals surface area contributed by atoms with Gasteiger partial charge in [-0.3, -0.25) is 0 Å². The third kappa shape index (κ3) is 5.00. The molecule has 1 nitrogen and oxygen atoms in total. The summed E-state index contributed by atoms with van der Waals surface area (Å²) in [4.78, 5) is 0. The first-order valence-electron chi connectivity index (χ1n) is 20.0. The first-order valence-corrected chi connectivity index (χ1v) is 22.0. The maximum atomic E-state index is 2.57. The van der Waals surface area contributed by atoms with Crippen LogP contribution in [0.2, 0.25) is 0 Å². The molecule has 9 aromatic carbocycles. The van der Waals surface area contributed by atoms with E-state index >= 15 is 0 Å². The smallest absolute Gasteiger partial charge is 0.179 e. The molecule has 0 bridgehead atoms. The Labute approximate surface area is 335 Å². The predicted octanol–water partition coefficient (Wildman–Crippen LogP) is 11.3. The summed E-state index contributed by atoms with van der Waals surface area (Å²) in [5.74, 6) is 0. The van der Waals surface area contributed by atoms with E-state index in [0.29, 0.717) is 0 Å². The third-order valence-electron chi connectivity index (χ3n) is 12.7. The molecule has 2 heteroatoms. The Kier molecular flexibility index (Phi) is 7.61. The summed E-state index contributed by atoms with van der Waals surface area (Å²) in [5, 5.41) is 10.7. The van der Waals surface area contributed by atoms with Crippen molar-refractivity contribution in [1.29, 1.82) is 0 Å². The maximum Gasteiger partial charge on any atom is 0.179 e. The number of nitrogens with zero attached hydrogens (tertiary/aromatic N) is 1. The lowest BCUT2D eigenvalue weighted by Gasteiger charge is -2.35. The molecule has 0 saturated carbocycles. The zero-order valence-electron chi connectivity index (χ0n) is 32.2. The highest BCUT2D eigenvalue weighted by Gasteiger charge is 2.44. The van der Waals surface area contributed by atoms with Crippen molar-refractivity contribution < 1.29 is 0 Å². The summed E-state index contributed by atoms with van der Waals surface area (Å²) < 4.78 is 2.44. The van der Waals surface area contributed by atoms with E-state index in [1.807, 2.05) is 0 Å². The Hall–Kier alpha value is -6.74. The van der Waals surface area contributed by atoms with Crippen molar-refractivity contribution in [2.75, 3.05) is 0 Å². The average molecular weight is 744 g/mol. The Morgan fingerprint density at radius 1 is 0.368 bits per heavy atom. The van der Waals surface area contributed by atoms with E-state index in [4.69, 9.17) is 0 Å². The normalized spacial score (nSPS) is 13.2. The van der Waals surface area contributed by atoms with E-state index in [2.05, 4.69) is 231 Å². The Balaban J connectivity index is 1.05. The second kappa shape index (κ2) is 12.9. The minimum Gasteiger partial charge on any atom is -0.309 e. The second-order valence-corrected chi connectivity index (χ2v) is 19.9. The fourth-order valence-corrected chi connectivity index (χ4v) is 14.8. The number of para-hydroxylation sites is 1. The van der Waals surface area contributed by atoms with E-state index in [0.717, 1.165) is 0 Å². The summed E-state index contributed by atoms with van der Waals surface area (Å²) in [6, 6.07) is 79.6. The molecular formula is C55H41NSi. The van der Waals surface area contributed by atoms with Crippen molar-refractivity contribution >= 4 is 61.4 Å². The number of aromatic nitrogens is 1. The van der Waals surface area contributed by atoms with Gasteiger partial charge in [-0.15, -0.1) is 0 Å². The lowest BCUT2D eigenvalue weighted by molar-refractivity contribution is 0.661. The minimum atomic E-state index is -2.66. The molecule has 1 aromatic heterocycles. The summed E-state index contributed by atoms with van der Waals surface area (Å²) in [7, 11) is -2.66. The van der Waals surface area contributed by atoms with Crippen LogP contribution in [0.25, 0.3) is 60.5 Å². The molecule has 0 saturated heterocycles. The Bertz CT molecular complexity index is 3040. The van der Waals surface area contributed by atoms with Crippen LogP contribution in [-0.2, 0) is 5.41 Å². The van der Waals surface area contributed by atoms with Crippen molar-refractivity contribution in [2.24, 2.45) is 0 Å². The van der Waals surface area contributed by atoms with Crippen LogP contribution in [0.4, 0.5) is 0 Å². The first kappa shape index (κ1) is 33.6. The SMILES string of the molecule is CC1(C)c2cc(-c3ccc4c(c3)c3ccccc3n4-c3cccc4ccccc34)ccc2-c2ccc([Si](c3ccccc3)(c3ccccc3)c3ccccc3)cc21. The van der Waals surface area contributed by atoms with Crippen molar-refractivity contribution in [1.82, 2.24) is 4.57 Å². The van der Waals surface area contributed by atoms with Crippen LogP contribution in [0, 0.1) is 0 Å². The third-order valence-corrected chi connectivity index (χ3v) is 17.5. The minimum absolute atomic E-state index is 0.185. The average Bonchev–Trinajstić information content (AvgIpc) is 3.72. The maximum absolute atomic E-state index is 2.66. The topological polar surface area (TPSA) is 4.93 Å². The molecule has 0 unspecified atom stereocenters. The van der Waals surface area contributed by atoms with E-state index in [-0.39, 0.29) is 5.41 Å². The molecule has 10 aromatic rings. The van der Waals surface area contributed by atoms with Crippen LogP contribution in [0.3, 0.4) is 0 Å². The molecule has 1 aliphatic carbocycles. The van der Waals surface area contributed by atoms with Gasteiger partial charge in [0.05, 0.1) is 16.7 Å². The number of benzene rings is 9. The second-order valence-electron chi connectivity index (χ2n) is 16.1. The molecule has 0 amide bonds. The van der Waals surface area contributed by atoms with Gasteiger partial charge in [0.15, 0.2) is 8.07 Å². The molecule has 57 heavy (non-hydrogen) atoms. The molecule has 1 aliphatic rings. The van der Waals surface area contributed by atoms with Gasteiger partial charge in [-0.05, 0) is 89.8 Å². The molecule has 0 aliphatic heterocycles. The summed E-state index contributed by atoms with van der Waals surface area (Å²) in [6.45, 7) is 4.84. The predicted molar refractivity (Wildman–Crippen MR) is 245 cm³/mol. The van der Waals surface area contributed by atoms with Crippen LogP contribution in [-0.4, -0.2) is 12.6 Å². The van der Waals surface area contributed by atoms with Gasteiger partial charge in [-0.1, -0.05) is 196 Å². The Morgan fingerprint density at radius 3 is 1.56 bits per heavy atom. The fraction of sp³-hybridized carbons (Fsp3) is 0.0545. The molecule has 0 fully saturated rings. The lowest BCUT2D eigenvalue weighted by atomic mass is 9.81. The van der Waals surface area contributed by atoms with Crippen molar-refractivity contribution in [2.45, 2.75) is 19.3 Å². The number of hydrogen-bond donors (Lipinski definition) is 0. The highest BCUT2D eigenvalue weighted by atomic mass is 28.3. The van der Waals surface area contributed by atoms with Crippen molar-refractivity contribution in [3.63, 3.8) is 0 Å². The van der Waals surface area contributed by atoms with Gasteiger partial charge >= 0.3 is 0 Å². The van der Waals surface area contributed by atoms with Gasteiger partial charge in [0.25, 0.3) is 0 Å². The number of rotatable bonds is 6. The molecule has 1 heterocycles. The monoisotopic (exact) mass is 743 g/mol. The van der Waals surface area contributed by atoms with E-state index < -0.39 is 8.07 Å². The molecule has 270 valence electrons. The van der Waals surface area contributed by atoms with Gasteiger partial charge in [0, 0.05) is 21.6 Å². The largest absolute Gasteiger partial charge is 0.309 e. The van der Waals surface area contributed by atoms with Crippen molar-refractivity contribution in [3.8, 4) is 27.9 Å². The van der Waals surface area contributed by atoms with Gasteiger partial charge in [-0.25, -0.2) is 0 Å². The molecule has 0 N–H and O–H groups in total. The van der Waals surface area contributed by atoms with Gasteiger partial charge < -0.3 is 4.57 Å². The lowest BCUT2D eigenvalue weighted by Crippen LogP contribution is -2.74. The quantitative estimate of drug-likeness (QED) is 0.118. The van der Waals surface area contributed by atoms with Gasteiger partial charge in [-0.2, -0.15) is 0 Å². The van der Waals surface area contributed by atoms with Gasteiger partial charge in [0.2, 0.25) is 0 Å². The standard InChI is InChI=1S/C55H41NSi/c1-55(2)50-36-40(39-30-34-54-49(35-39)48-26-14-15-27-53(48)56(54)52-28-16-18-38-17-12-13-25-45(38)52)29-32-46(50)47-33-31-44(37-51(47)55)57(41-19-6-3-7-20-41,42-21-8-4-9-22-42)43-23-10-5-11-24-43/h3-37H,1-2H3. The summed E-state index contributed by atoms with van der Waals surface area (Å²) in [6.07, 6.45) is 0. The summed E-state index contributed by atoms with van der Waals surface area (Å²) >= 11 is 0. The molecular weight excluding hydrogens is 703 g/mol. The van der Waals surface area contributed by atoms with Crippen molar-refractivity contribution in [3.05, 3.63) is 223 Å². The molecule has 0 spiro atoms. The number of hydrogen-bond acceptors (Lipinski definition) is 0. The zero-order valence-corrected chi connectivity index (χ0v) is 33.2. The molecule has 0 atom stereocenters. The molecule has 0 radical (unpaired) electrons. The highest BCUT2D eigenvalue weighted by Crippen LogP contribution is 2.50. The molecule has 11 rings (SSSR count). The highest BCUT2D eigenvalue weighted by molar-refractivity contribution is 7.19. The van der Waals surface area contributed by atoms with Crippen LogP contribution < -0.4 is 20.7 Å². The Morgan fingerprint density at radius 2 is 0.877 bits per heavy atom. The van der Waals surface area contributed by atoms with Crippen LogP contribution in [0.5, 0.6) is 0 Å². The van der Waals surface area contributed by atoms with E-state index in [9.17, 15) is 0 Å². The van der Waals surface area contributed by atoms with Crippen LogP contribution in [0.15, 0.2) is 212 Å². The van der Waals surface area contributed by atoms with E-state index in [1.165, 1.54) is 92.4 Å². The fourth-order valence-electron chi connectivity index (χ4n) is 10.0. The first-order chi connectivity index (χ1) is 28.0. The summed E-state index contributed by atoms with van der Waals surface area (Å²) in [5.41, 5.74) is 11.4. The number of fused-ring (bicyclic) bond motifs is 7. The van der Waals surface area contributed by atoms with Crippen LogP contribution in [0.1, 0.15) is 25.0 Å². The van der Waals surface area contributed by atoms with Gasteiger partial charge in [0.1, 0.15) is 0 Å².